The second-order valence-corrected chi connectivity index (χ2v) is 7.70. The molecule has 166 valence electrons. The highest BCUT2D eigenvalue weighted by Gasteiger charge is 2.24. The summed E-state index contributed by atoms with van der Waals surface area (Å²) < 4.78 is 16.4. The quantitative estimate of drug-likeness (QED) is 0.246. The molecule has 6 nitrogen and oxygen atoms in total. The molecule has 1 heterocycles. The Morgan fingerprint density at radius 1 is 1.03 bits per heavy atom. The molecule has 0 fully saturated rings. The van der Waals surface area contributed by atoms with Gasteiger partial charge >= 0.3 is 11.9 Å². The Morgan fingerprint density at radius 2 is 1.85 bits per heavy atom. The van der Waals surface area contributed by atoms with Crippen molar-refractivity contribution in [2.45, 2.75) is 6.92 Å². The molecule has 0 aromatic heterocycles. The van der Waals surface area contributed by atoms with Crippen LogP contribution in [0.15, 0.2) is 77.4 Å². The van der Waals surface area contributed by atoms with Crippen LogP contribution in [0, 0.1) is 0 Å². The maximum atomic E-state index is 12.5. The molecular formula is C25H17Cl2NO5. The van der Waals surface area contributed by atoms with Gasteiger partial charge in [0.05, 0.1) is 17.2 Å². The number of esters is 2. The predicted molar refractivity (Wildman–Crippen MR) is 126 cm³/mol. The van der Waals surface area contributed by atoms with Crippen molar-refractivity contribution in [2.24, 2.45) is 4.99 Å². The molecule has 0 saturated heterocycles. The molecule has 0 atom stereocenters. The molecule has 0 N–H and O–H groups in total. The van der Waals surface area contributed by atoms with Crippen molar-refractivity contribution in [2.75, 3.05) is 6.61 Å². The Hall–Kier alpha value is -3.61. The number of benzene rings is 3. The Kier molecular flexibility index (Phi) is 6.77. The highest BCUT2D eigenvalue weighted by Crippen LogP contribution is 2.31. The van der Waals surface area contributed by atoms with Crippen molar-refractivity contribution in [1.29, 1.82) is 0 Å². The van der Waals surface area contributed by atoms with Crippen molar-refractivity contribution < 1.29 is 23.8 Å². The molecule has 0 bridgehead atoms. The first-order chi connectivity index (χ1) is 15.9. The second-order valence-electron chi connectivity index (χ2n) is 6.85. The van der Waals surface area contributed by atoms with Crippen molar-refractivity contribution in [3.05, 3.63) is 99.2 Å². The van der Waals surface area contributed by atoms with Crippen LogP contribution in [0.2, 0.25) is 10.0 Å². The van der Waals surface area contributed by atoms with Crippen molar-refractivity contribution in [3.63, 3.8) is 0 Å². The Labute approximate surface area is 200 Å². The average molecular weight is 482 g/mol. The van der Waals surface area contributed by atoms with E-state index in [0.29, 0.717) is 28.5 Å². The zero-order chi connectivity index (χ0) is 23.4. The van der Waals surface area contributed by atoms with Crippen LogP contribution in [0.5, 0.6) is 11.5 Å². The van der Waals surface area contributed by atoms with E-state index in [0.717, 1.165) is 0 Å². The third-order valence-corrected chi connectivity index (χ3v) is 5.12. The molecule has 3 aromatic rings. The number of hydrogen-bond acceptors (Lipinski definition) is 6. The van der Waals surface area contributed by atoms with Crippen LogP contribution in [0.25, 0.3) is 6.08 Å². The number of carbonyl (C=O) groups excluding carboxylic acids is 2. The first kappa shape index (κ1) is 22.6. The van der Waals surface area contributed by atoms with Crippen LogP contribution in [0.4, 0.5) is 0 Å². The van der Waals surface area contributed by atoms with Gasteiger partial charge in [0.2, 0.25) is 5.90 Å². The van der Waals surface area contributed by atoms with Crippen LogP contribution in [0.1, 0.15) is 28.4 Å². The van der Waals surface area contributed by atoms with Crippen LogP contribution < -0.4 is 9.47 Å². The summed E-state index contributed by atoms with van der Waals surface area (Å²) in [6, 6.07) is 18.4. The normalized spacial score (nSPS) is 14.1. The summed E-state index contributed by atoms with van der Waals surface area (Å²) in [4.78, 5) is 29.1. The number of hydrogen-bond donors (Lipinski definition) is 0. The summed E-state index contributed by atoms with van der Waals surface area (Å²) >= 11 is 12.1. The number of carbonyl (C=O) groups is 2. The fourth-order valence-electron chi connectivity index (χ4n) is 3.06. The molecule has 0 aliphatic carbocycles. The summed E-state index contributed by atoms with van der Waals surface area (Å²) in [5.74, 6) is -0.470. The fourth-order valence-corrected chi connectivity index (χ4v) is 3.46. The lowest BCUT2D eigenvalue weighted by atomic mass is 10.1. The number of halogens is 2. The molecule has 0 spiro atoms. The first-order valence-corrected chi connectivity index (χ1v) is 10.7. The van der Waals surface area contributed by atoms with Gasteiger partial charge in [-0.15, -0.1) is 0 Å². The molecule has 0 amide bonds. The monoisotopic (exact) mass is 481 g/mol. The maximum Gasteiger partial charge on any atom is 0.363 e. The molecule has 1 aliphatic heterocycles. The van der Waals surface area contributed by atoms with Crippen LogP contribution in [-0.4, -0.2) is 24.4 Å². The molecule has 8 heteroatoms. The largest absolute Gasteiger partial charge is 0.490 e. The summed E-state index contributed by atoms with van der Waals surface area (Å²) in [7, 11) is 0. The molecule has 33 heavy (non-hydrogen) atoms. The van der Waals surface area contributed by atoms with Crippen LogP contribution in [0.3, 0.4) is 0 Å². The van der Waals surface area contributed by atoms with Crippen molar-refractivity contribution >= 4 is 47.1 Å². The fraction of sp³-hybridized carbons (Fsp3) is 0.0800. The van der Waals surface area contributed by atoms with Gasteiger partial charge in [-0.2, -0.15) is 0 Å². The SMILES string of the molecule is CCOc1cc(/C=C2/N=C(c3cccc(Cl)c3)OC2=O)ccc1OC(=O)c1ccccc1Cl. The lowest BCUT2D eigenvalue weighted by Gasteiger charge is -2.12. The van der Waals surface area contributed by atoms with Crippen LogP contribution >= 0.6 is 23.2 Å². The minimum absolute atomic E-state index is 0.119. The molecular weight excluding hydrogens is 465 g/mol. The third kappa shape index (κ3) is 5.25. The van der Waals surface area contributed by atoms with E-state index < -0.39 is 11.9 Å². The minimum atomic E-state index is -0.609. The molecule has 0 radical (unpaired) electrons. The maximum absolute atomic E-state index is 12.5. The first-order valence-electron chi connectivity index (χ1n) is 9.96. The van der Waals surface area contributed by atoms with E-state index in [1.165, 1.54) is 0 Å². The molecule has 0 unspecified atom stereocenters. The molecule has 4 rings (SSSR count). The second kappa shape index (κ2) is 9.90. The Morgan fingerprint density at radius 3 is 2.61 bits per heavy atom. The number of cyclic esters (lactones) is 1. The molecule has 3 aromatic carbocycles. The standard InChI is InChI=1S/C25H17Cl2NO5/c1-2-31-22-13-15(10-11-21(22)32-24(29)18-8-3-4-9-19(18)27)12-20-25(30)33-23(28-20)16-6-5-7-17(26)14-16/h3-14H,2H2,1H3/b20-12+. The third-order valence-electron chi connectivity index (χ3n) is 4.56. The lowest BCUT2D eigenvalue weighted by molar-refractivity contribution is -0.129. The Balaban J connectivity index is 1.61. The highest BCUT2D eigenvalue weighted by molar-refractivity contribution is 6.33. The van der Waals surface area contributed by atoms with E-state index in [1.807, 2.05) is 0 Å². The van der Waals surface area contributed by atoms with Gasteiger partial charge < -0.3 is 14.2 Å². The highest BCUT2D eigenvalue weighted by atomic mass is 35.5. The van der Waals surface area contributed by atoms with Gasteiger partial charge in [-0.05, 0) is 61.0 Å². The van der Waals surface area contributed by atoms with Gasteiger partial charge in [-0.1, -0.05) is 47.5 Å². The van der Waals surface area contributed by atoms with Gasteiger partial charge in [0.25, 0.3) is 0 Å². The summed E-state index contributed by atoms with van der Waals surface area (Å²) in [5.41, 5.74) is 1.56. The van der Waals surface area contributed by atoms with Gasteiger partial charge in [0.15, 0.2) is 17.2 Å². The van der Waals surface area contributed by atoms with Crippen molar-refractivity contribution in [1.82, 2.24) is 0 Å². The van der Waals surface area contributed by atoms with E-state index in [9.17, 15) is 9.59 Å². The summed E-state index contributed by atoms with van der Waals surface area (Å²) in [6.07, 6.45) is 1.56. The molecule has 0 saturated carbocycles. The van der Waals surface area contributed by atoms with Gasteiger partial charge in [-0.3, -0.25) is 0 Å². The van der Waals surface area contributed by atoms with E-state index >= 15 is 0 Å². The average Bonchev–Trinajstić information content (AvgIpc) is 3.16. The number of ether oxygens (including phenoxy) is 3. The number of aliphatic imine (C=N–C) groups is 1. The summed E-state index contributed by atoms with van der Waals surface area (Å²) in [6.45, 7) is 2.15. The van der Waals surface area contributed by atoms with Crippen LogP contribution in [-0.2, 0) is 9.53 Å². The lowest BCUT2D eigenvalue weighted by Crippen LogP contribution is -2.10. The Bertz CT molecular complexity index is 1300. The van der Waals surface area contributed by atoms with Gasteiger partial charge in [0, 0.05) is 10.6 Å². The predicted octanol–water partition coefficient (Wildman–Crippen LogP) is 5.96. The van der Waals surface area contributed by atoms with E-state index in [4.69, 9.17) is 37.4 Å². The number of rotatable bonds is 6. The number of nitrogens with zero attached hydrogens (tertiary/aromatic N) is 1. The summed E-state index contributed by atoms with van der Waals surface area (Å²) in [5, 5.41) is 0.793. The van der Waals surface area contributed by atoms with E-state index in [2.05, 4.69) is 4.99 Å². The van der Waals surface area contributed by atoms with E-state index in [1.54, 1.807) is 79.7 Å². The van der Waals surface area contributed by atoms with Crippen molar-refractivity contribution in [3.8, 4) is 11.5 Å². The minimum Gasteiger partial charge on any atom is -0.490 e. The van der Waals surface area contributed by atoms with Gasteiger partial charge in [0.1, 0.15) is 0 Å². The van der Waals surface area contributed by atoms with Gasteiger partial charge in [-0.25, -0.2) is 14.6 Å². The topological polar surface area (TPSA) is 74.2 Å². The molecule has 1 aliphatic rings. The zero-order valence-electron chi connectivity index (χ0n) is 17.4. The zero-order valence-corrected chi connectivity index (χ0v) is 18.9. The van der Waals surface area contributed by atoms with E-state index in [-0.39, 0.29) is 27.9 Å². The smallest absolute Gasteiger partial charge is 0.363 e.